The highest BCUT2D eigenvalue weighted by molar-refractivity contribution is 7.99. The summed E-state index contributed by atoms with van der Waals surface area (Å²) in [5.74, 6) is 0.907. The molecule has 8 nitrogen and oxygen atoms in total. The number of rotatable bonds is 8. The molecule has 0 unspecified atom stereocenters. The molecule has 1 aromatic heterocycles. The first kappa shape index (κ1) is 21.7. The van der Waals surface area contributed by atoms with E-state index in [4.69, 9.17) is 16.3 Å². The van der Waals surface area contributed by atoms with Crippen molar-refractivity contribution >= 4 is 46.6 Å². The van der Waals surface area contributed by atoms with Crippen LogP contribution in [0.2, 0.25) is 5.02 Å². The van der Waals surface area contributed by atoms with E-state index in [-0.39, 0.29) is 24.0 Å². The van der Waals surface area contributed by atoms with Crippen LogP contribution in [0.5, 0.6) is 5.75 Å². The van der Waals surface area contributed by atoms with Gasteiger partial charge in [0.2, 0.25) is 11.8 Å². The van der Waals surface area contributed by atoms with Crippen molar-refractivity contribution in [1.29, 1.82) is 0 Å². The van der Waals surface area contributed by atoms with Crippen molar-refractivity contribution in [2.24, 2.45) is 7.05 Å². The van der Waals surface area contributed by atoms with E-state index in [1.807, 2.05) is 0 Å². The lowest BCUT2D eigenvalue weighted by molar-refractivity contribution is -0.116. The highest BCUT2D eigenvalue weighted by Gasteiger charge is 2.15. The molecule has 3 rings (SSSR count). The molecule has 1 heterocycles. The van der Waals surface area contributed by atoms with Gasteiger partial charge in [0.15, 0.2) is 5.16 Å². The average molecular weight is 446 g/mol. The number of thioether (sulfide) groups is 1. The Balaban J connectivity index is 1.52. The second-order valence-corrected chi connectivity index (χ2v) is 7.58. The average Bonchev–Trinajstić information content (AvgIpc) is 3.08. The van der Waals surface area contributed by atoms with Crippen LogP contribution in [0, 0.1) is 0 Å². The summed E-state index contributed by atoms with van der Waals surface area (Å²) in [5.41, 5.74) is 1.22. The van der Waals surface area contributed by atoms with Crippen molar-refractivity contribution in [2.45, 2.75) is 11.6 Å². The highest BCUT2D eigenvalue weighted by atomic mass is 35.5. The summed E-state index contributed by atoms with van der Waals surface area (Å²) in [6.07, 6.45) is 0.0574. The molecule has 0 saturated heterocycles. The van der Waals surface area contributed by atoms with Crippen LogP contribution >= 0.6 is 23.4 Å². The maximum absolute atomic E-state index is 12.3. The predicted octanol–water partition coefficient (Wildman–Crippen LogP) is 3.39. The number of para-hydroxylation sites is 1. The van der Waals surface area contributed by atoms with Gasteiger partial charge in [-0.15, -0.1) is 10.2 Å². The first-order valence-electron chi connectivity index (χ1n) is 8.95. The van der Waals surface area contributed by atoms with Gasteiger partial charge in [0.05, 0.1) is 30.0 Å². The van der Waals surface area contributed by atoms with Crippen LogP contribution in [0.1, 0.15) is 5.82 Å². The van der Waals surface area contributed by atoms with Gasteiger partial charge in [0.25, 0.3) is 0 Å². The number of carbonyl (C=O) groups is 2. The van der Waals surface area contributed by atoms with Gasteiger partial charge in [-0.2, -0.15) is 0 Å². The highest BCUT2D eigenvalue weighted by Crippen LogP contribution is 2.22. The number of aromatic nitrogens is 3. The monoisotopic (exact) mass is 445 g/mol. The molecule has 0 aliphatic heterocycles. The minimum atomic E-state index is -0.219. The van der Waals surface area contributed by atoms with Crippen molar-refractivity contribution in [3.8, 4) is 5.75 Å². The molecule has 2 aromatic carbocycles. The number of amides is 2. The lowest BCUT2D eigenvalue weighted by Crippen LogP contribution is -2.17. The molecule has 156 valence electrons. The number of anilines is 2. The molecular formula is C20H20ClN5O3S. The van der Waals surface area contributed by atoms with Crippen molar-refractivity contribution in [3.05, 3.63) is 59.4 Å². The lowest BCUT2D eigenvalue weighted by atomic mass is 10.3. The van der Waals surface area contributed by atoms with Crippen LogP contribution < -0.4 is 15.4 Å². The molecule has 2 N–H and O–H groups in total. The van der Waals surface area contributed by atoms with Crippen LogP contribution in [-0.2, 0) is 23.1 Å². The number of benzene rings is 2. The number of nitrogens with zero attached hydrogens (tertiary/aromatic N) is 3. The van der Waals surface area contributed by atoms with Crippen LogP contribution in [0.25, 0.3) is 0 Å². The minimum Gasteiger partial charge on any atom is -0.497 e. The Bertz CT molecular complexity index is 1040. The van der Waals surface area contributed by atoms with E-state index in [2.05, 4.69) is 20.8 Å². The molecule has 0 aliphatic rings. The fourth-order valence-electron chi connectivity index (χ4n) is 2.53. The Morgan fingerprint density at radius 3 is 2.50 bits per heavy atom. The molecule has 2 amide bonds. The zero-order valence-electron chi connectivity index (χ0n) is 16.4. The van der Waals surface area contributed by atoms with Crippen LogP contribution in [0.15, 0.2) is 53.7 Å². The summed E-state index contributed by atoms with van der Waals surface area (Å²) >= 11 is 7.27. The van der Waals surface area contributed by atoms with Gasteiger partial charge in [-0.05, 0) is 36.4 Å². The number of halogens is 1. The maximum Gasteiger partial charge on any atom is 0.234 e. The Labute approximate surface area is 183 Å². The number of hydrogen-bond acceptors (Lipinski definition) is 6. The topological polar surface area (TPSA) is 98.1 Å². The SMILES string of the molecule is COc1ccc(NC(=O)Cc2nnc(SCC(=O)Nc3ccccc3Cl)n2C)cc1. The summed E-state index contributed by atoms with van der Waals surface area (Å²) < 4.78 is 6.79. The molecule has 30 heavy (non-hydrogen) atoms. The number of carbonyl (C=O) groups excluding carboxylic acids is 2. The summed E-state index contributed by atoms with van der Waals surface area (Å²) in [6.45, 7) is 0. The van der Waals surface area contributed by atoms with Gasteiger partial charge in [-0.1, -0.05) is 35.5 Å². The van der Waals surface area contributed by atoms with E-state index in [0.717, 1.165) is 0 Å². The van der Waals surface area contributed by atoms with Gasteiger partial charge >= 0.3 is 0 Å². The minimum absolute atomic E-state index is 0.0574. The molecule has 0 radical (unpaired) electrons. The fraction of sp³-hybridized carbons (Fsp3) is 0.200. The molecule has 3 aromatic rings. The van der Waals surface area contributed by atoms with Crippen LogP contribution in [0.4, 0.5) is 11.4 Å². The Morgan fingerprint density at radius 2 is 1.80 bits per heavy atom. The Kier molecular flexibility index (Phi) is 7.31. The van der Waals surface area contributed by atoms with E-state index in [9.17, 15) is 9.59 Å². The zero-order chi connectivity index (χ0) is 21.5. The number of nitrogens with one attached hydrogen (secondary N) is 2. The summed E-state index contributed by atoms with van der Waals surface area (Å²) in [7, 11) is 3.34. The zero-order valence-corrected chi connectivity index (χ0v) is 18.0. The van der Waals surface area contributed by atoms with Gasteiger partial charge in [-0.25, -0.2) is 0 Å². The van der Waals surface area contributed by atoms with Crippen molar-refractivity contribution in [2.75, 3.05) is 23.5 Å². The standard InChI is InChI=1S/C20H20ClN5O3S/c1-26-17(11-18(27)22-13-7-9-14(29-2)10-8-13)24-25-20(26)30-12-19(28)23-16-6-4-3-5-15(16)21/h3-10H,11-12H2,1-2H3,(H,22,27)(H,23,28). The molecule has 10 heteroatoms. The molecule has 0 aliphatic carbocycles. The molecule has 0 fully saturated rings. The summed E-state index contributed by atoms with van der Waals surface area (Å²) in [5, 5.41) is 14.7. The normalized spacial score (nSPS) is 10.5. The van der Waals surface area contributed by atoms with E-state index in [1.165, 1.54) is 11.8 Å². The molecular weight excluding hydrogens is 426 g/mol. The van der Waals surface area contributed by atoms with E-state index < -0.39 is 0 Å². The van der Waals surface area contributed by atoms with Crippen LogP contribution in [-0.4, -0.2) is 39.4 Å². The van der Waals surface area contributed by atoms with E-state index in [0.29, 0.717) is 33.1 Å². The first-order valence-corrected chi connectivity index (χ1v) is 10.3. The van der Waals surface area contributed by atoms with Gasteiger partial charge in [-0.3, -0.25) is 9.59 Å². The number of hydrogen-bond donors (Lipinski definition) is 2. The van der Waals surface area contributed by atoms with E-state index >= 15 is 0 Å². The van der Waals surface area contributed by atoms with Crippen LogP contribution in [0.3, 0.4) is 0 Å². The summed E-state index contributed by atoms with van der Waals surface area (Å²) in [6, 6.07) is 14.1. The maximum atomic E-state index is 12.3. The third-order valence-corrected chi connectivity index (χ3v) is 5.45. The Hall–Kier alpha value is -3.04. The Morgan fingerprint density at radius 1 is 1.07 bits per heavy atom. The van der Waals surface area contributed by atoms with Crippen molar-refractivity contribution in [3.63, 3.8) is 0 Å². The van der Waals surface area contributed by atoms with Crippen molar-refractivity contribution in [1.82, 2.24) is 14.8 Å². The lowest BCUT2D eigenvalue weighted by Gasteiger charge is -2.07. The molecule has 0 bridgehead atoms. The third kappa shape index (κ3) is 5.74. The second kappa shape index (κ2) is 10.1. The van der Waals surface area contributed by atoms with E-state index in [1.54, 1.807) is 67.3 Å². The second-order valence-electron chi connectivity index (χ2n) is 6.23. The third-order valence-electron chi connectivity index (χ3n) is 4.10. The molecule has 0 saturated carbocycles. The van der Waals surface area contributed by atoms with Gasteiger partial charge < -0.3 is 19.9 Å². The smallest absolute Gasteiger partial charge is 0.234 e. The van der Waals surface area contributed by atoms with Gasteiger partial charge in [0, 0.05) is 12.7 Å². The number of methoxy groups -OCH3 is 1. The fourth-order valence-corrected chi connectivity index (χ4v) is 3.44. The van der Waals surface area contributed by atoms with Crippen molar-refractivity contribution < 1.29 is 14.3 Å². The summed E-state index contributed by atoms with van der Waals surface area (Å²) in [4.78, 5) is 24.5. The number of ether oxygens (including phenoxy) is 1. The predicted molar refractivity (Wildman–Crippen MR) is 117 cm³/mol. The first-order chi connectivity index (χ1) is 14.5. The van der Waals surface area contributed by atoms with Gasteiger partial charge in [0.1, 0.15) is 11.6 Å². The quantitative estimate of drug-likeness (QED) is 0.516. The largest absolute Gasteiger partial charge is 0.497 e. The molecule has 0 spiro atoms. The molecule has 0 atom stereocenters.